The molecular weight excluding hydrogens is 244 g/mol. The van der Waals surface area contributed by atoms with E-state index in [9.17, 15) is 4.79 Å². The summed E-state index contributed by atoms with van der Waals surface area (Å²) in [5.41, 5.74) is 2.95. The highest BCUT2D eigenvalue weighted by Crippen LogP contribution is 2.23. The van der Waals surface area contributed by atoms with Crippen LogP contribution in [0.4, 0.5) is 4.79 Å². The first-order valence-electron chi connectivity index (χ1n) is 6.30. The molecule has 1 saturated heterocycles. The third-order valence-corrected chi connectivity index (χ3v) is 3.38. The van der Waals surface area contributed by atoms with Crippen LogP contribution in [0.5, 0.6) is 0 Å². The molecule has 2 heterocycles. The van der Waals surface area contributed by atoms with E-state index in [1.165, 1.54) is 0 Å². The van der Waals surface area contributed by atoms with Gasteiger partial charge >= 0.3 is 6.03 Å². The molecule has 1 aliphatic rings. The second-order valence-electron chi connectivity index (χ2n) is 4.77. The Morgan fingerprint density at radius 3 is 3.16 bits per heavy atom. The molecule has 1 aromatic carbocycles. The normalized spacial score (nSPS) is 19.2. The van der Waals surface area contributed by atoms with Gasteiger partial charge in [-0.2, -0.15) is 0 Å². The summed E-state index contributed by atoms with van der Waals surface area (Å²) in [5, 5.41) is 11.8. The standard InChI is InChI=1S/C13H16N4O2/c1-8-14-10-3-2-9(6-11(10)15-8)12-7-17(4-5-18)13(19)16-12/h2-3,6,12,18H,4-5,7H2,1H3,(H,14,15)(H,16,19). The Kier molecular flexibility index (Phi) is 2.87. The molecule has 0 spiro atoms. The number of β-amino-alcohol motifs (C(OH)–C–C–N with tert-alkyl or cyclic N) is 1. The number of aryl methyl sites for hydroxylation is 1. The van der Waals surface area contributed by atoms with Gasteiger partial charge in [0.25, 0.3) is 0 Å². The Morgan fingerprint density at radius 1 is 1.53 bits per heavy atom. The number of carbonyl (C=O) groups is 1. The topological polar surface area (TPSA) is 81.2 Å². The van der Waals surface area contributed by atoms with Crippen LogP contribution in [0, 0.1) is 6.92 Å². The minimum Gasteiger partial charge on any atom is -0.395 e. The van der Waals surface area contributed by atoms with Gasteiger partial charge in [0, 0.05) is 13.1 Å². The number of hydrogen-bond acceptors (Lipinski definition) is 3. The lowest BCUT2D eigenvalue weighted by Crippen LogP contribution is -2.30. The largest absolute Gasteiger partial charge is 0.395 e. The molecule has 3 rings (SSSR count). The molecule has 6 nitrogen and oxygen atoms in total. The van der Waals surface area contributed by atoms with Crippen LogP contribution in [0.3, 0.4) is 0 Å². The summed E-state index contributed by atoms with van der Waals surface area (Å²) in [6, 6.07) is 5.79. The number of urea groups is 1. The van der Waals surface area contributed by atoms with E-state index in [0.717, 1.165) is 22.4 Å². The Morgan fingerprint density at radius 2 is 2.37 bits per heavy atom. The van der Waals surface area contributed by atoms with Crippen LogP contribution in [0.1, 0.15) is 17.4 Å². The Labute approximate surface area is 110 Å². The van der Waals surface area contributed by atoms with Gasteiger partial charge in [-0.1, -0.05) is 6.07 Å². The zero-order valence-corrected chi connectivity index (χ0v) is 10.7. The van der Waals surface area contributed by atoms with E-state index in [4.69, 9.17) is 5.11 Å². The minimum atomic E-state index is -0.125. The summed E-state index contributed by atoms with van der Waals surface area (Å²) in [6.07, 6.45) is 0. The Hall–Kier alpha value is -2.08. The fourth-order valence-corrected chi connectivity index (χ4v) is 2.46. The first kappa shape index (κ1) is 12.0. The summed E-state index contributed by atoms with van der Waals surface area (Å²) in [6.45, 7) is 2.85. The van der Waals surface area contributed by atoms with E-state index in [2.05, 4.69) is 15.3 Å². The third kappa shape index (κ3) is 2.15. The van der Waals surface area contributed by atoms with Crippen molar-refractivity contribution < 1.29 is 9.90 Å². The number of aliphatic hydroxyl groups is 1. The van der Waals surface area contributed by atoms with Gasteiger partial charge in [-0.3, -0.25) is 0 Å². The molecule has 1 atom stereocenters. The maximum Gasteiger partial charge on any atom is 0.318 e. The van der Waals surface area contributed by atoms with Crippen LogP contribution in [0.15, 0.2) is 18.2 Å². The quantitative estimate of drug-likeness (QED) is 0.768. The lowest BCUT2D eigenvalue weighted by molar-refractivity contribution is 0.196. The number of imidazole rings is 1. The zero-order valence-electron chi connectivity index (χ0n) is 10.7. The van der Waals surface area contributed by atoms with Gasteiger partial charge in [0.2, 0.25) is 0 Å². The van der Waals surface area contributed by atoms with E-state index in [0.29, 0.717) is 13.1 Å². The SMILES string of the molecule is Cc1nc2ccc(C3CN(CCO)C(=O)N3)cc2[nH]1. The molecule has 1 aliphatic heterocycles. The van der Waals surface area contributed by atoms with Crippen molar-refractivity contribution >= 4 is 17.1 Å². The van der Waals surface area contributed by atoms with Gasteiger partial charge in [-0.15, -0.1) is 0 Å². The van der Waals surface area contributed by atoms with Gasteiger partial charge in [0.15, 0.2) is 0 Å². The summed E-state index contributed by atoms with van der Waals surface area (Å²) in [4.78, 5) is 20.9. The molecule has 1 unspecified atom stereocenters. The molecule has 2 amide bonds. The number of aromatic nitrogens is 2. The van der Waals surface area contributed by atoms with Crippen molar-refractivity contribution in [3.8, 4) is 0 Å². The van der Waals surface area contributed by atoms with Crippen LogP contribution < -0.4 is 5.32 Å². The number of nitrogens with one attached hydrogen (secondary N) is 2. The summed E-state index contributed by atoms with van der Waals surface area (Å²) in [5.74, 6) is 0.879. The van der Waals surface area contributed by atoms with Crippen molar-refractivity contribution in [2.75, 3.05) is 19.7 Å². The van der Waals surface area contributed by atoms with Crippen molar-refractivity contribution in [3.63, 3.8) is 0 Å². The fraction of sp³-hybridized carbons (Fsp3) is 0.385. The molecule has 19 heavy (non-hydrogen) atoms. The second-order valence-corrected chi connectivity index (χ2v) is 4.77. The maximum atomic E-state index is 11.7. The van der Waals surface area contributed by atoms with Crippen molar-refractivity contribution in [1.82, 2.24) is 20.2 Å². The zero-order chi connectivity index (χ0) is 13.4. The molecule has 2 aromatic rings. The molecule has 3 N–H and O–H groups in total. The Balaban J connectivity index is 1.86. The number of nitrogens with zero attached hydrogens (tertiary/aromatic N) is 2. The van der Waals surface area contributed by atoms with Gasteiger partial charge < -0.3 is 20.3 Å². The van der Waals surface area contributed by atoms with E-state index in [1.54, 1.807) is 4.90 Å². The van der Waals surface area contributed by atoms with E-state index in [-0.39, 0.29) is 18.7 Å². The molecule has 1 aromatic heterocycles. The maximum absolute atomic E-state index is 11.7. The Bertz CT molecular complexity index is 622. The van der Waals surface area contributed by atoms with Gasteiger partial charge in [0.1, 0.15) is 5.82 Å². The predicted molar refractivity (Wildman–Crippen MR) is 70.8 cm³/mol. The van der Waals surface area contributed by atoms with Crippen LogP contribution >= 0.6 is 0 Å². The molecule has 0 bridgehead atoms. The highest BCUT2D eigenvalue weighted by molar-refractivity contribution is 5.79. The highest BCUT2D eigenvalue weighted by atomic mass is 16.3. The number of aliphatic hydroxyl groups excluding tert-OH is 1. The number of benzene rings is 1. The summed E-state index contributed by atoms with van der Waals surface area (Å²) < 4.78 is 0. The second kappa shape index (κ2) is 4.55. The minimum absolute atomic E-state index is 0.0150. The summed E-state index contributed by atoms with van der Waals surface area (Å²) in [7, 11) is 0. The number of hydrogen-bond donors (Lipinski definition) is 3. The van der Waals surface area contributed by atoms with Gasteiger partial charge in [0.05, 0.1) is 23.7 Å². The van der Waals surface area contributed by atoms with Gasteiger partial charge in [-0.05, 0) is 24.6 Å². The monoisotopic (exact) mass is 260 g/mol. The molecule has 6 heteroatoms. The first-order chi connectivity index (χ1) is 9.17. The fourth-order valence-electron chi connectivity index (χ4n) is 2.46. The number of H-pyrrole nitrogens is 1. The average molecular weight is 260 g/mol. The van der Waals surface area contributed by atoms with Crippen LogP contribution in [-0.4, -0.2) is 45.7 Å². The van der Waals surface area contributed by atoms with Crippen LogP contribution in [0.2, 0.25) is 0 Å². The highest BCUT2D eigenvalue weighted by Gasteiger charge is 2.29. The molecule has 100 valence electrons. The van der Waals surface area contributed by atoms with Crippen LogP contribution in [0.25, 0.3) is 11.0 Å². The van der Waals surface area contributed by atoms with Crippen molar-refractivity contribution in [1.29, 1.82) is 0 Å². The van der Waals surface area contributed by atoms with Crippen molar-refractivity contribution in [2.24, 2.45) is 0 Å². The van der Waals surface area contributed by atoms with Crippen molar-refractivity contribution in [2.45, 2.75) is 13.0 Å². The smallest absolute Gasteiger partial charge is 0.318 e. The molecule has 1 fully saturated rings. The third-order valence-electron chi connectivity index (χ3n) is 3.38. The molecule has 0 aliphatic carbocycles. The van der Waals surface area contributed by atoms with Crippen molar-refractivity contribution in [3.05, 3.63) is 29.6 Å². The molecular formula is C13H16N4O2. The summed E-state index contributed by atoms with van der Waals surface area (Å²) >= 11 is 0. The number of rotatable bonds is 3. The van der Waals surface area contributed by atoms with Gasteiger partial charge in [-0.25, -0.2) is 9.78 Å². The lowest BCUT2D eigenvalue weighted by atomic mass is 10.1. The van der Waals surface area contributed by atoms with E-state index >= 15 is 0 Å². The number of amides is 2. The lowest BCUT2D eigenvalue weighted by Gasteiger charge is -2.12. The van der Waals surface area contributed by atoms with E-state index < -0.39 is 0 Å². The number of carbonyl (C=O) groups excluding carboxylic acids is 1. The van der Waals surface area contributed by atoms with Crippen LogP contribution in [-0.2, 0) is 0 Å². The van der Waals surface area contributed by atoms with E-state index in [1.807, 2.05) is 25.1 Å². The predicted octanol–water partition coefficient (Wildman–Crippen LogP) is 0.930. The average Bonchev–Trinajstić information content (AvgIpc) is 2.91. The number of fused-ring (bicyclic) bond motifs is 1. The number of aromatic amines is 1. The molecule has 0 radical (unpaired) electrons. The molecule has 0 saturated carbocycles. The first-order valence-corrected chi connectivity index (χ1v) is 6.30.